The fourth-order valence-corrected chi connectivity index (χ4v) is 4.61. The second kappa shape index (κ2) is 14.5. The maximum absolute atomic E-state index is 6.57. The third kappa shape index (κ3) is 8.35. The molecule has 2 fully saturated rings. The molecule has 6 nitrogen and oxygen atoms in total. The Morgan fingerprint density at radius 2 is 1.87 bits per heavy atom. The van der Waals surface area contributed by atoms with E-state index in [-0.39, 0.29) is 30.0 Å². The summed E-state index contributed by atoms with van der Waals surface area (Å²) < 4.78 is 5.57. The molecule has 0 spiro atoms. The number of nitrogens with one attached hydrogen (secondary N) is 2. The van der Waals surface area contributed by atoms with Gasteiger partial charge in [0.15, 0.2) is 5.96 Å². The molecule has 0 radical (unpaired) electrons. The number of hydrogen-bond donors (Lipinski definition) is 2. The maximum Gasteiger partial charge on any atom is 0.191 e. The summed E-state index contributed by atoms with van der Waals surface area (Å²) in [5.74, 6) is 0.914. The molecule has 2 N–H and O–H groups in total. The fourth-order valence-electron chi connectivity index (χ4n) is 4.35. The number of piperidine rings is 1. The highest BCUT2D eigenvalue weighted by Crippen LogP contribution is 2.28. The average molecular weight is 564 g/mol. The van der Waals surface area contributed by atoms with Crippen LogP contribution in [-0.2, 0) is 4.74 Å². The highest BCUT2D eigenvalue weighted by molar-refractivity contribution is 14.0. The van der Waals surface area contributed by atoms with Crippen LogP contribution in [0.15, 0.2) is 29.3 Å². The molecule has 1 aromatic rings. The van der Waals surface area contributed by atoms with Crippen LogP contribution < -0.4 is 10.6 Å². The first-order chi connectivity index (χ1) is 14.7. The van der Waals surface area contributed by atoms with Crippen LogP contribution in [0.2, 0.25) is 5.02 Å². The van der Waals surface area contributed by atoms with Gasteiger partial charge < -0.3 is 20.3 Å². The summed E-state index contributed by atoms with van der Waals surface area (Å²) in [6.45, 7) is 12.8. The van der Waals surface area contributed by atoms with Crippen molar-refractivity contribution in [2.75, 3.05) is 59.0 Å². The molecule has 0 aromatic heterocycles. The predicted molar refractivity (Wildman–Crippen MR) is 141 cm³/mol. The van der Waals surface area contributed by atoms with Crippen LogP contribution in [-0.4, -0.2) is 80.8 Å². The number of guanidine groups is 1. The Hall–Kier alpha value is -0.610. The Balaban J connectivity index is 0.00000341. The van der Waals surface area contributed by atoms with Gasteiger partial charge in [-0.05, 0) is 44.4 Å². The average Bonchev–Trinajstić information content (AvgIpc) is 2.77. The monoisotopic (exact) mass is 563 g/mol. The Kier molecular flexibility index (Phi) is 12.5. The van der Waals surface area contributed by atoms with Crippen LogP contribution >= 0.6 is 35.6 Å². The molecule has 2 aliphatic rings. The van der Waals surface area contributed by atoms with Gasteiger partial charge in [-0.1, -0.05) is 36.7 Å². The van der Waals surface area contributed by atoms with Crippen LogP contribution in [0.3, 0.4) is 0 Å². The number of ether oxygens (including phenoxy) is 1. The fraction of sp³-hybridized carbons (Fsp3) is 0.696. The quantitative estimate of drug-likeness (QED) is 0.287. The first-order valence-corrected chi connectivity index (χ1v) is 11.9. The predicted octanol–water partition coefficient (Wildman–Crippen LogP) is 3.76. The minimum atomic E-state index is 0. The summed E-state index contributed by atoms with van der Waals surface area (Å²) in [6, 6.07) is 8.79. The Labute approximate surface area is 210 Å². The van der Waals surface area contributed by atoms with E-state index in [1.165, 1.54) is 38.9 Å². The molecule has 0 saturated carbocycles. The van der Waals surface area contributed by atoms with E-state index < -0.39 is 0 Å². The van der Waals surface area contributed by atoms with Crippen LogP contribution in [0.5, 0.6) is 0 Å². The molecular formula is C23H39ClIN5O. The van der Waals surface area contributed by atoms with Crippen LogP contribution in [0.1, 0.15) is 44.7 Å². The van der Waals surface area contributed by atoms with Crippen molar-refractivity contribution in [3.8, 4) is 0 Å². The highest BCUT2D eigenvalue weighted by Gasteiger charge is 2.25. The van der Waals surface area contributed by atoms with Gasteiger partial charge in [0, 0.05) is 43.8 Å². The second-order valence-electron chi connectivity index (χ2n) is 8.17. The Morgan fingerprint density at radius 3 is 2.52 bits per heavy atom. The van der Waals surface area contributed by atoms with E-state index in [4.69, 9.17) is 21.3 Å². The minimum absolute atomic E-state index is 0. The topological polar surface area (TPSA) is 52.1 Å². The summed E-state index contributed by atoms with van der Waals surface area (Å²) in [7, 11) is 0. The molecule has 0 bridgehead atoms. The first kappa shape index (κ1) is 26.6. The van der Waals surface area contributed by atoms with Crippen molar-refractivity contribution in [3.05, 3.63) is 34.9 Å². The van der Waals surface area contributed by atoms with E-state index in [9.17, 15) is 0 Å². The van der Waals surface area contributed by atoms with Crippen molar-refractivity contribution < 1.29 is 4.74 Å². The molecule has 3 rings (SSSR count). The Morgan fingerprint density at radius 1 is 1.16 bits per heavy atom. The van der Waals surface area contributed by atoms with Crippen molar-refractivity contribution in [2.24, 2.45) is 4.99 Å². The smallest absolute Gasteiger partial charge is 0.191 e. The van der Waals surface area contributed by atoms with Crippen molar-refractivity contribution in [3.63, 3.8) is 0 Å². The lowest BCUT2D eigenvalue weighted by Gasteiger charge is -2.35. The SMILES string of the molecule is CCCN1CCC(NC(=NCC(c2ccccc2Cl)N2CCOCC2)NCC)CC1.I. The summed E-state index contributed by atoms with van der Waals surface area (Å²) in [4.78, 5) is 10.0. The lowest BCUT2D eigenvalue weighted by atomic mass is 10.0. The number of hydrogen-bond acceptors (Lipinski definition) is 4. The lowest BCUT2D eigenvalue weighted by Crippen LogP contribution is -2.49. The van der Waals surface area contributed by atoms with E-state index in [2.05, 4.69) is 46.4 Å². The van der Waals surface area contributed by atoms with Crippen LogP contribution in [0, 0.1) is 0 Å². The van der Waals surface area contributed by atoms with E-state index in [0.717, 1.165) is 49.4 Å². The zero-order valence-electron chi connectivity index (χ0n) is 19.0. The van der Waals surface area contributed by atoms with E-state index in [1.807, 2.05) is 12.1 Å². The number of morpholine rings is 1. The van der Waals surface area contributed by atoms with Gasteiger partial charge in [0.1, 0.15) is 0 Å². The summed E-state index contributed by atoms with van der Waals surface area (Å²) in [5.41, 5.74) is 1.15. The molecule has 176 valence electrons. The number of aliphatic imine (C=N–C) groups is 1. The Bertz CT molecular complexity index is 663. The van der Waals surface area contributed by atoms with Crippen LogP contribution in [0.25, 0.3) is 0 Å². The van der Waals surface area contributed by atoms with Crippen molar-refractivity contribution in [1.29, 1.82) is 0 Å². The standard InChI is InChI=1S/C23H38ClN5O.HI/c1-3-11-28-12-9-19(10-13-28)27-23(25-4-2)26-18-22(29-14-16-30-17-15-29)20-7-5-6-8-21(20)24;/h5-8,19,22H,3-4,9-18H2,1-2H3,(H2,25,26,27);1H. The highest BCUT2D eigenvalue weighted by atomic mass is 127. The van der Waals surface area contributed by atoms with Gasteiger partial charge >= 0.3 is 0 Å². The molecule has 2 saturated heterocycles. The van der Waals surface area contributed by atoms with E-state index >= 15 is 0 Å². The van der Waals surface area contributed by atoms with Gasteiger partial charge in [0.2, 0.25) is 0 Å². The number of rotatable bonds is 8. The van der Waals surface area contributed by atoms with Gasteiger partial charge in [0.05, 0.1) is 25.8 Å². The van der Waals surface area contributed by atoms with Gasteiger partial charge in [-0.3, -0.25) is 9.89 Å². The third-order valence-corrected chi connectivity index (χ3v) is 6.33. The summed E-state index contributed by atoms with van der Waals surface area (Å²) in [6.07, 6.45) is 3.57. The number of nitrogens with zero attached hydrogens (tertiary/aromatic N) is 3. The maximum atomic E-state index is 6.57. The normalized spacial score (nSPS) is 20.2. The zero-order valence-corrected chi connectivity index (χ0v) is 22.1. The minimum Gasteiger partial charge on any atom is -0.379 e. The summed E-state index contributed by atoms with van der Waals surface area (Å²) in [5, 5.41) is 7.93. The molecular weight excluding hydrogens is 525 g/mol. The first-order valence-electron chi connectivity index (χ1n) is 11.5. The molecule has 31 heavy (non-hydrogen) atoms. The lowest BCUT2D eigenvalue weighted by molar-refractivity contribution is 0.0180. The molecule has 2 aliphatic heterocycles. The molecule has 1 aromatic carbocycles. The molecule has 1 unspecified atom stereocenters. The van der Waals surface area contributed by atoms with Gasteiger partial charge in [-0.15, -0.1) is 24.0 Å². The van der Waals surface area contributed by atoms with E-state index in [1.54, 1.807) is 0 Å². The van der Waals surface area contributed by atoms with Gasteiger partial charge in [0.25, 0.3) is 0 Å². The number of benzene rings is 1. The molecule has 0 aliphatic carbocycles. The zero-order chi connectivity index (χ0) is 21.2. The van der Waals surface area contributed by atoms with Crippen molar-refractivity contribution in [1.82, 2.24) is 20.4 Å². The van der Waals surface area contributed by atoms with Crippen molar-refractivity contribution in [2.45, 2.75) is 45.2 Å². The molecule has 2 heterocycles. The van der Waals surface area contributed by atoms with Crippen molar-refractivity contribution >= 4 is 41.5 Å². The molecule has 8 heteroatoms. The second-order valence-corrected chi connectivity index (χ2v) is 8.57. The largest absolute Gasteiger partial charge is 0.379 e. The number of halogens is 2. The van der Waals surface area contributed by atoms with Gasteiger partial charge in [-0.2, -0.15) is 0 Å². The molecule has 0 amide bonds. The summed E-state index contributed by atoms with van der Waals surface area (Å²) >= 11 is 6.57. The number of likely N-dealkylation sites (tertiary alicyclic amines) is 1. The van der Waals surface area contributed by atoms with Gasteiger partial charge in [-0.25, -0.2) is 0 Å². The third-order valence-electron chi connectivity index (χ3n) is 5.99. The van der Waals surface area contributed by atoms with Crippen LogP contribution in [0.4, 0.5) is 0 Å². The molecule has 1 atom stereocenters. The van der Waals surface area contributed by atoms with E-state index in [0.29, 0.717) is 12.6 Å².